The van der Waals surface area contributed by atoms with E-state index < -0.39 is 0 Å². The third kappa shape index (κ3) is 2.90. The minimum Gasteiger partial charge on any atom is -0.437 e. The van der Waals surface area contributed by atoms with Crippen LogP contribution in [0.15, 0.2) is 29.8 Å². The summed E-state index contributed by atoms with van der Waals surface area (Å²) in [6.45, 7) is 3.94. The number of halogens is 1. The summed E-state index contributed by atoms with van der Waals surface area (Å²) in [6.07, 6.45) is 2.70. The second-order valence-electron chi connectivity index (χ2n) is 5.11. The van der Waals surface area contributed by atoms with Gasteiger partial charge >= 0.3 is 0 Å². The molecule has 0 aliphatic heterocycles. The molecule has 0 fully saturated rings. The van der Waals surface area contributed by atoms with E-state index >= 15 is 0 Å². The van der Waals surface area contributed by atoms with Gasteiger partial charge in [-0.3, -0.25) is 4.40 Å². The molecule has 0 aliphatic rings. The molecule has 0 saturated heterocycles. The maximum Gasteiger partial charge on any atom is 0.242 e. The van der Waals surface area contributed by atoms with Gasteiger partial charge in [-0.25, -0.2) is 0 Å². The number of nitrogens with two attached hydrogens (primary N) is 1. The Morgan fingerprint density at radius 1 is 1.48 bits per heavy atom. The van der Waals surface area contributed by atoms with Crippen molar-refractivity contribution in [1.82, 2.24) is 9.38 Å². The van der Waals surface area contributed by atoms with Crippen molar-refractivity contribution in [3.63, 3.8) is 0 Å². The molecule has 3 rings (SSSR count). The van der Waals surface area contributed by atoms with Gasteiger partial charge in [0.05, 0.1) is 5.69 Å². The molecule has 6 heteroatoms. The van der Waals surface area contributed by atoms with E-state index in [1.54, 1.807) is 11.3 Å². The van der Waals surface area contributed by atoms with E-state index in [0.29, 0.717) is 17.3 Å². The number of hydrogen-bond acceptors (Lipinski definition) is 4. The highest BCUT2D eigenvalue weighted by molar-refractivity contribution is 7.15. The summed E-state index contributed by atoms with van der Waals surface area (Å²) in [5, 5.41) is 2.70. The molecule has 21 heavy (non-hydrogen) atoms. The van der Waals surface area contributed by atoms with Crippen molar-refractivity contribution >= 4 is 27.9 Å². The van der Waals surface area contributed by atoms with Gasteiger partial charge in [0.2, 0.25) is 5.88 Å². The first-order valence-corrected chi connectivity index (χ1v) is 7.94. The lowest BCUT2D eigenvalue weighted by Gasteiger charge is -2.10. The van der Waals surface area contributed by atoms with Gasteiger partial charge in [-0.15, -0.1) is 11.3 Å². The Morgan fingerprint density at radius 3 is 3.00 bits per heavy atom. The average Bonchev–Trinajstić information content (AvgIpc) is 2.96. The molecule has 4 nitrogen and oxygen atoms in total. The number of benzene rings is 1. The molecule has 2 heterocycles. The number of fused-ring (bicyclic) bond motifs is 1. The normalized spacial score (nSPS) is 12.8. The van der Waals surface area contributed by atoms with Gasteiger partial charge in [-0.1, -0.05) is 11.6 Å². The maximum atomic E-state index is 6.00. The Labute approximate surface area is 132 Å². The number of imidazole rings is 1. The van der Waals surface area contributed by atoms with E-state index in [2.05, 4.69) is 4.98 Å². The first-order valence-electron chi connectivity index (χ1n) is 6.68. The third-order valence-electron chi connectivity index (χ3n) is 3.18. The van der Waals surface area contributed by atoms with Crippen LogP contribution in [0.5, 0.6) is 11.6 Å². The van der Waals surface area contributed by atoms with Crippen LogP contribution in [0.25, 0.3) is 4.96 Å². The molecule has 110 valence electrons. The Bertz CT molecular complexity index is 778. The molecule has 0 amide bonds. The third-order valence-corrected chi connectivity index (χ3v) is 4.17. The second-order valence-corrected chi connectivity index (χ2v) is 6.42. The van der Waals surface area contributed by atoms with Crippen LogP contribution < -0.4 is 10.5 Å². The zero-order chi connectivity index (χ0) is 15.0. The summed E-state index contributed by atoms with van der Waals surface area (Å²) in [7, 11) is 0. The summed E-state index contributed by atoms with van der Waals surface area (Å²) >= 11 is 7.55. The summed E-state index contributed by atoms with van der Waals surface area (Å²) in [5.41, 5.74) is 7.92. The molecule has 2 aromatic heterocycles. The lowest BCUT2D eigenvalue weighted by molar-refractivity contribution is 0.453. The molecule has 1 atom stereocenters. The number of ether oxygens (including phenoxy) is 1. The molecule has 1 aromatic carbocycles. The monoisotopic (exact) mass is 321 g/mol. The van der Waals surface area contributed by atoms with E-state index in [1.807, 2.05) is 48.0 Å². The van der Waals surface area contributed by atoms with Crippen LogP contribution in [0.1, 0.15) is 18.2 Å². The smallest absolute Gasteiger partial charge is 0.242 e. The molecule has 0 radical (unpaired) electrons. The fourth-order valence-electron chi connectivity index (χ4n) is 2.22. The minimum absolute atomic E-state index is 0.0402. The predicted octanol–water partition coefficient (Wildman–Crippen LogP) is 4.04. The van der Waals surface area contributed by atoms with Gasteiger partial charge in [0.15, 0.2) is 4.96 Å². The molecule has 0 bridgehead atoms. The van der Waals surface area contributed by atoms with Crippen molar-refractivity contribution in [2.45, 2.75) is 26.3 Å². The zero-order valence-electron chi connectivity index (χ0n) is 11.8. The van der Waals surface area contributed by atoms with Crippen molar-refractivity contribution in [2.24, 2.45) is 5.73 Å². The number of thiazole rings is 1. The zero-order valence-corrected chi connectivity index (χ0v) is 13.4. The topological polar surface area (TPSA) is 52.5 Å². The van der Waals surface area contributed by atoms with Crippen LogP contribution in [-0.4, -0.2) is 15.4 Å². The number of hydrogen-bond donors (Lipinski definition) is 1. The van der Waals surface area contributed by atoms with Gasteiger partial charge in [-0.2, -0.15) is 4.98 Å². The quantitative estimate of drug-likeness (QED) is 0.789. The second kappa shape index (κ2) is 5.67. The largest absolute Gasteiger partial charge is 0.437 e. The summed E-state index contributed by atoms with van der Waals surface area (Å²) in [4.78, 5) is 5.46. The van der Waals surface area contributed by atoms with Crippen molar-refractivity contribution in [3.05, 3.63) is 46.1 Å². The molecule has 1 unspecified atom stereocenters. The molecule has 0 aliphatic carbocycles. The van der Waals surface area contributed by atoms with Crippen LogP contribution in [0, 0.1) is 6.92 Å². The van der Waals surface area contributed by atoms with Crippen LogP contribution in [0.4, 0.5) is 0 Å². The Hall–Kier alpha value is -1.56. The highest BCUT2D eigenvalue weighted by atomic mass is 35.5. The number of aromatic nitrogens is 2. The van der Waals surface area contributed by atoms with E-state index in [4.69, 9.17) is 22.1 Å². The molecule has 2 N–H and O–H groups in total. The van der Waals surface area contributed by atoms with Gasteiger partial charge in [0.25, 0.3) is 0 Å². The summed E-state index contributed by atoms with van der Waals surface area (Å²) in [5.74, 6) is 1.38. The van der Waals surface area contributed by atoms with E-state index in [-0.39, 0.29) is 6.04 Å². The summed E-state index contributed by atoms with van der Waals surface area (Å²) < 4.78 is 8.04. The number of rotatable bonds is 4. The number of aryl methyl sites for hydroxylation is 1. The van der Waals surface area contributed by atoms with Crippen molar-refractivity contribution < 1.29 is 4.74 Å². The van der Waals surface area contributed by atoms with Gasteiger partial charge in [0.1, 0.15) is 5.75 Å². The van der Waals surface area contributed by atoms with Crippen molar-refractivity contribution in [1.29, 1.82) is 0 Å². The highest BCUT2D eigenvalue weighted by Gasteiger charge is 2.17. The Kier molecular flexibility index (Phi) is 3.89. The van der Waals surface area contributed by atoms with Crippen LogP contribution in [0.2, 0.25) is 5.02 Å². The minimum atomic E-state index is 0.0402. The first kappa shape index (κ1) is 14.4. The fourth-order valence-corrected chi connectivity index (χ4v) is 3.17. The molecule has 0 saturated carbocycles. The van der Waals surface area contributed by atoms with Gasteiger partial charge in [0, 0.05) is 29.1 Å². The highest BCUT2D eigenvalue weighted by Crippen LogP contribution is 2.31. The van der Waals surface area contributed by atoms with Crippen LogP contribution in [0.3, 0.4) is 0 Å². The Balaban J connectivity index is 2.01. The van der Waals surface area contributed by atoms with Crippen LogP contribution >= 0.6 is 22.9 Å². The standard InChI is InChI=1S/C15H16ClN3OS/c1-9-7-11(16)3-4-13(9)20-14-12(8-10(2)17)19-5-6-21-15(19)18-14/h3-7,10H,8,17H2,1-2H3. The van der Waals surface area contributed by atoms with E-state index in [0.717, 1.165) is 22.0 Å². The first-order chi connectivity index (χ1) is 10.0. The average molecular weight is 322 g/mol. The van der Waals surface area contributed by atoms with Crippen LogP contribution in [-0.2, 0) is 6.42 Å². The molecular weight excluding hydrogens is 306 g/mol. The lowest BCUT2D eigenvalue weighted by Crippen LogP contribution is -2.19. The van der Waals surface area contributed by atoms with Crippen molar-refractivity contribution in [2.75, 3.05) is 0 Å². The molecular formula is C15H16ClN3OS. The number of nitrogens with zero attached hydrogens (tertiary/aromatic N) is 2. The Morgan fingerprint density at radius 2 is 2.29 bits per heavy atom. The molecule has 3 aromatic rings. The van der Waals surface area contributed by atoms with E-state index in [1.165, 1.54) is 0 Å². The van der Waals surface area contributed by atoms with Gasteiger partial charge < -0.3 is 10.5 Å². The van der Waals surface area contributed by atoms with Crippen molar-refractivity contribution in [3.8, 4) is 11.6 Å². The van der Waals surface area contributed by atoms with Gasteiger partial charge in [-0.05, 0) is 37.6 Å². The van der Waals surface area contributed by atoms with E-state index in [9.17, 15) is 0 Å². The SMILES string of the molecule is Cc1cc(Cl)ccc1Oc1nc2sccn2c1CC(C)N. The molecule has 0 spiro atoms. The fraction of sp³-hybridized carbons (Fsp3) is 0.267. The summed E-state index contributed by atoms with van der Waals surface area (Å²) in [6, 6.07) is 5.59. The predicted molar refractivity (Wildman–Crippen MR) is 86.7 cm³/mol. The lowest BCUT2D eigenvalue weighted by atomic mass is 10.2. The maximum absolute atomic E-state index is 6.00.